The van der Waals surface area contributed by atoms with E-state index in [0.29, 0.717) is 5.92 Å². The number of likely N-dealkylation sites (tertiary alicyclic amines) is 1. The van der Waals surface area contributed by atoms with E-state index in [2.05, 4.69) is 11.8 Å². The van der Waals surface area contributed by atoms with Gasteiger partial charge in [-0.15, -0.1) is 0 Å². The summed E-state index contributed by atoms with van der Waals surface area (Å²) in [5.74, 6) is 0.475. The zero-order valence-electron chi connectivity index (χ0n) is 6.68. The number of hydrogen-bond acceptors (Lipinski definition) is 1. The van der Waals surface area contributed by atoms with E-state index in [-0.39, 0.29) is 6.61 Å². The Kier molecular flexibility index (Phi) is 3.16. The zero-order valence-corrected chi connectivity index (χ0v) is 6.68. The Morgan fingerprint density at radius 2 is 2.00 bits per heavy atom. The first kappa shape index (κ1) is 8.02. The summed E-state index contributed by atoms with van der Waals surface area (Å²) in [4.78, 5) is 2.41. The Labute approximate surface area is 62.8 Å². The third-order valence-electron chi connectivity index (χ3n) is 2.39. The van der Waals surface area contributed by atoms with Crippen LogP contribution in [-0.4, -0.2) is 31.1 Å². The van der Waals surface area contributed by atoms with Crippen molar-refractivity contribution in [2.75, 3.05) is 26.2 Å². The normalized spacial score (nSPS) is 23.4. The van der Waals surface area contributed by atoms with E-state index in [1.165, 1.54) is 0 Å². The lowest BCUT2D eigenvalue weighted by molar-refractivity contribution is 0.0935. The van der Waals surface area contributed by atoms with Gasteiger partial charge in [-0.25, -0.2) is 5.11 Å². The van der Waals surface area contributed by atoms with Crippen molar-refractivity contribution < 1.29 is 5.11 Å². The monoisotopic (exact) mass is 142 g/mol. The molecule has 0 N–H and O–H groups in total. The SMILES string of the molecule is CCN1CCC(C[O])CC1. The molecule has 59 valence electrons. The molecule has 0 spiro atoms. The lowest BCUT2D eigenvalue weighted by atomic mass is 9.98. The van der Waals surface area contributed by atoms with Crippen molar-refractivity contribution in [3.8, 4) is 0 Å². The van der Waals surface area contributed by atoms with Crippen LogP contribution >= 0.6 is 0 Å². The maximum Gasteiger partial charge on any atom is 0.0851 e. The minimum Gasteiger partial charge on any atom is -0.304 e. The number of piperidine rings is 1. The van der Waals surface area contributed by atoms with Crippen LogP contribution in [0, 0.1) is 5.92 Å². The van der Waals surface area contributed by atoms with E-state index in [1.807, 2.05) is 0 Å². The summed E-state index contributed by atoms with van der Waals surface area (Å²) in [5.41, 5.74) is 0. The van der Waals surface area contributed by atoms with Crippen LogP contribution in [0.2, 0.25) is 0 Å². The quantitative estimate of drug-likeness (QED) is 0.567. The summed E-state index contributed by atoms with van der Waals surface area (Å²) >= 11 is 0. The van der Waals surface area contributed by atoms with Gasteiger partial charge in [0.15, 0.2) is 0 Å². The Morgan fingerprint density at radius 3 is 2.40 bits per heavy atom. The molecule has 0 aromatic rings. The van der Waals surface area contributed by atoms with Crippen molar-refractivity contribution in [2.45, 2.75) is 19.8 Å². The molecule has 1 aliphatic heterocycles. The first-order valence-electron chi connectivity index (χ1n) is 4.17. The number of nitrogens with zero attached hydrogens (tertiary/aromatic N) is 1. The van der Waals surface area contributed by atoms with Crippen molar-refractivity contribution in [1.29, 1.82) is 0 Å². The Balaban J connectivity index is 2.17. The van der Waals surface area contributed by atoms with E-state index in [1.54, 1.807) is 0 Å². The van der Waals surface area contributed by atoms with Gasteiger partial charge in [0, 0.05) is 0 Å². The first-order valence-corrected chi connectivity index (χ1v) is 4.17. The molecule has 1 aliphatic rings. The van der Waals surface area contributed by atoms with E-state index in [4.69, 9.17) is 0 Å². The number of hydrogen-bond donors (Lipinski definition) is 0. The topological polar surface area (TPSA) is 23.1 Å². The summed E-state index contributed by atoms with van der Waals surface area (Å²) in [6.07, 6.45) is 2.24. The van der Waals surface area contributed by atoms with Gasteiger partial charge in [-0.1, -0.05) is 6.92 Å². The number of rotatable bonds is 2. The molecule has 0 unspecified atom stereocenters. The average Bonchev–Trinajstić information content (AvgIpc) is 2.05. The Hall–Kier alpha value is -0.0800. The van der Waals surface area contributed by atoms with Gasteiger partial charge in [-0.05, 0) is 38.4 Å². The zero-order chi connectivity index (χ0) is 7.40. The molecule has 0 aromatic carbocycles. The highest BCUT2D eigenvalue weighted by atomic mass is 16.3. The summed E-state index contributed by atoms with van der Waals surface area (Å²) in [6, 6.07) is 0. The summed E-state index contributed by atoms with van der Waals surface area (Å²) < 4.78 is 0. The second kappa shape index (κ2) is 3.94. The van der Waals surface area contributed by atoms with Crippen LogP contribution in [0.5, 0.6) is 0 Å². The molecule has 10 heavy (non-hydrogen) atoms. The highest BCUT2D eigenvalue weighted by Gasteiger charge is 2.16. The third kappa shape index (κ3) is 1.96. The minimum atomic E-state index is 0.136. The van der Waals surface area contributed by atoms with Crippen molar-refractivity contribution in [3.05, 3.63) is 0 Å². The molecule has 1 saturated heterocycles. The third-order valence-corrected chi connectivity index (χ3v) is 2.39. The fourth-order valence-electron chi connectivity index (χ4n) is 1.47. The molecule has 0 amide bonds. The minimum absolute atomic E-state index is 0.136. The largest absolute Gasteiger partial charge is 0.304 e. The van der Waals surface area contributed by atoms with Crippen LogP contribution in [0.4, 0.5) is 0 Å². The molecule has 2 nitrogen and oxygen atoms in total. The van der Waals surface area contributed by atoms with Crippen molar-refractivity contribution in [3.63, 3.8) is 0 Å². The first-order chi connectivity index (χ1) is 4.86. The highest BCUT2D eigenvalue weighted by molar-refractivity contribution is 4.69. The molecule has 0 aromatic heterocycles. The fourth-order valence-corrected chi connectivity index (χ4v) is 1.47. The second-order valence-electron chi connectivity index (χ2n) is 3.04. The maximum atomic E-state index is 10.5. The Morgan fingerprint density at radius 1 is 1.40 bits per heavy atom. The van der Waals surface area contributed by atoms with E-state index in [0.717, 1.165) is 32.5 Å². The molecule has 1 fully saturated rings. The Bertz CT molecular complexity index is 75.3. The van der Waals surface area contributed by atoms with E-state index < -0.39 is 0 Å². The summed E-state index contributed by atoms with van der Waals surface area (Å²) in [5, 5.41) is 10.5. The molecule has 2 heteroatoms. The van der Waals surface area contributed by atoms with Gasteiger partial charge in [-0.3, -0.25) is 0 Å². The van der Waals surface area contributed by atoms with Crippen molar-refractivity contribution in [1.82, 2.24) is 4.90 Å². The van der Waals surface area contributed by atoms with Crippen molar-refractivity contribution >= 4 is 0 Å². The van der Waals surface area contributed by atoms with Crippen LogP contribution in [0.1, 0.15) is 19.8 Å². The molecule has 1 heterocycles. The van der Waals surface area contributed by atoms with E-state index in [9.17, 15) is 5.11 Å². The van der Waals surface area contributed by atoms with Gasteiger partial charge in [0.05, 0.1) is 6.61 Å². The lowest BCUT2D eigenvalue weighted by Crippen LogP contribution is -2.34. The molecule has 1 radical (unpaired) electrons. The highest BCUT2D eigenvalue weighted by Crippen LogP contribution is 2.15. The predicted molar refractivity (Wildman–Crippen MR) is 40.4 cm³/mol. The van der Waals surface area contributed by atoms with Crippen LogP contribution in [0.3, 0.4) is 0 Å². The summed E-state index contributed by atoms with van der Waals surface area (Å²) in [6.45, 7) is 5.74. The fraction of sp³-hybridized carbons (Fsp3) is 1.00. The maximum absolute atomic E-state index is 10.5. The molecule has 0 atom stereocenters. The smallest absolute Gasteiger partial charge is 0.0851 e. The molecule has 0 aliphatic carbocycles. The second-order valence-corrected chi connectivity index (χ2v) is 3.04. The van der Waals surface area contributed by atoms with Crippen LogP contribution in [0.15, 0.2) is 0 Å². The van der Waals surface area contributed by atoms with Gasteiger partial charge in [-0.2, -0.15) is 0 Å². The van der Waals surface area contributed by atoms with Crippen LogP contribution in [-0.2, 0) is 5.11 Å². The molecule has 0 saturated carbocycles. The van der Waals surface area contributed by atoms with Crippen LogP contribution in [0.25, 0.3) is 0 Å². The standard InChI is InChI=1S/C8H16NO/c1-2-9-5-3-8(7-10)4-6-9/h8H,2-7H2,1H3. The van der Waals surface area contributed by atoms with Gasteiger partial charge in [0.1, 0.15) is 0 Å². The summed E-state index contributed by atoms with van der Waals surface area (Å²) in [7, 11) is 0. The van der Waals surface area contributed by atoms with Gasteiger partial charge in [0.25, 0.3) is 0 Å². The molecular formula is C8H16NO. The molecular weight excluding hydrogens is 126 g/mol. The lowest BCUT2D eigenvalue weighted by Gasteiger charge is -2.29. The predicted octanol–water partition coefficient (Wildman–Crippen LogP) is 1.15. The van der Waals surface area contributed by atoms with Gasteiger partial charge >= 0.3 is 0 Å². The van der Waals surface area contributed by atoms with Gasteiger partial charge in [0.2, 0.25) is 0 Å². The van der Waals surface area contributed by atoms with Gasteiger partial charge < -0.3 is 4.90 Å². The van der Waals surface area contributed by atoms with E-state index >= 15 is 0 Å². The van der Waals surface area contributed by atoms with Crippen LogP contribution < -0.4 is 0 Å². The molecule has 0 bridgehead atoms. The average molecular weight is 142 g/mol. The molecule has 1 rings (SSSR count). The van der Waals surface area contributed by atoms with Crippen molar-refractivity contribution in [2.24, 2.45) is 5.92 Å².